The number of hydrogen-bond donors (Lipinski definition) is 2. The van der Waals surface area contributed by atoms with E-state index in [1.807, 2.05) is 19.1 Å². The molecule has 3 aromatic rings. The van der Waals surface area contributed by atoms with Gasteiger partial charge in [0.1, 0.15) is 0 Å². The number of fused-ring (bicyclic) bond motifs is 1. The van der Waals surface area contributed by atoms with Crippen LogP contribution in [0.3, 0.4) is 0 Å². The van der Waals surface area contributed by atoms with Crippen molar-refractivity contribution in [1.82, 2.24) is 10.3 Å². The van der Waals surface area contributed by atoms with E-state index in [0.29, 0.717) is 23.4 Å². The molecular formula is C18H17N3O2S. The van der Waals surface area contributed by atoms with Gasteiger partial charge in [0.15, 0.2) is 0 Å². The molecule has 0 atom stereocenters. The average molecular weight is 339 g/mol. The van der Waals surface area contributed by atoms with Crippen LogP contribution in [0.5, 0.6) is 0 Å². The highest BCUT2D eigenvalue weighted by molar-refractivity contribution is 7.16. The number of nitrogens with one attached hydrogen (secondary N) is 2. The Balaban J connectivity index is 1.82. The fraction of sp³-hybridized carbons (Fsp3) is 0.167. The maximum atomic E-state index is 12.5. The molecule has 0 bridgehead atoms. The van der Waals surface area contributed by atoms with Crippen LogP contribution >= 0.6 is 11.3 Å². The second-order valence-corrected chi connectivity index (χ2v) is 6.18. The first kappa shape index (κ1) is 16.1. The molecule has 0 aliphatic heterocycles. The van der Waals surface area contributed by atoms with E-state index in [-0.39, 0.29) is 11.8 Å². The molecule has 0 unspecified atom stereocenters. The summed E-state index contributed by atoms with van der Waals surface area (Å²) in [6.45, 7) is 2.59. The molecule has 5 nitrogen and oxygen atoms in total. The zero-order valence-corrected chi connectivity index (χ0v) is 14.0. The lowest BCUT2D eigenvalue weighted by Crippen LogP contribution is -2.25. The fourth-order valence-electron chi connectivity index (χ4n) is 2.31. The highest BCUT2D eigenvalue weighted by Gasteiger charge is 2.14. The number of rotatable bonds is 5. The Labute approximate surface area is 143 Å². The van der Waals surface area contributed by atoms with Crippen LogP contribution in [0.1, 0.15) is 34.1 Å². The number of thiazole rings is 1. The standard InChI is InChI=1S/C18H17N3O2S/c1-2-9-19-18(23)13-5-3-4-6-14(13)21-17(22)12-7-8-15-16(10-12)24-11-20-15/h3-8,10-11H,2,9H2,1H3,(H,19,23)(H,21,22). The molecule has 0 saturated carbocycles. The lowest BCUT2D eigenvalue weighted by molar-refractivity contribution is 0.0954. The van der Waals surface area contributed by atoms with E-state index >= 15 is 0 Å². The molecule has 2 aromatic carbocycles. The maximum absolute atomic E-state index is 12.5. The van der Waals surface area contributed by atoms with Gasteiger partial charge in [-0.2, -0.15) is 0 Å². The van der Waals surface area contributed by atoms with Gasteiger partial charge in [-0.05, 0) is 36.8 Å². The van der Waals surface area contributed by atoms with Gasteiger partial charge in [-0.3, -0.25) is 9.59 Å². The second-order valence-electron chi connectivity index (χ2n) is 5.29. The van der Waals surface area contributed by atoms with E-state index in [0.717, 1.165) is 16.6 Å². The van der Waals surface area contributed by atoms with Crippen molar-refractivity contribution in [3.63, 3.8) is 0 Å². The molecule has 0 radical (unpaired) electrons. The van der Waals surface area contributed by atoms with Gasteiger partial charge in [-0.15, -0.1) is 11.3 Å². The first-order valence-corrected chi connectivity index (χ1v) is 8.59. The summed E-state index contributed by atoms with van der Waals surface area (Å²) in [5, 5.41) is 5.65. The number of aromatic nitrogens is 1. The Morgan fingerprint density at radius 3 is 2.79 bits per heavy atom. The van der Waals surface area contributed by atoms with Crippen LogP contribution < -0.4 is 10.6 Å². The topological polar surface area (TPSA) is 71.1 Å². The third kappa shape index (κ3) is 3.44. The minimum atomic E-state index is -0.249. The summed E-state index contributed by atoms with van der Waals surface area (Å²) in [5.74, 6) is -0.438. The predicted octanol–water partition coefficient (Wildman–Crippen LogP) is 3.69. The van der Waals surface area contributed by atoms with Crippen molar-refractivity contribution in [2.45, 2.75) is 13.3 Å². The van der Waals surface area contributed by atoms with Gasteiger partial charge >= 0.3 is 0 Å². The molecule has 0 fully saturated rings. The van der Waals surface area contributed by atoms with Gasteiger partial charge < -0.3 is 10.6 Å². The molecule has 1 aromatic heterocycles. The normalized spacial score (nSPS) is 10.5. The quantitative estimate of drug-likeness (QED) is 0.745. The summed E-state index contributed by atoms with van der Waals surface area (Å²) in [4.78, 5) is 28.9. The fourth-order valence-corrected chi connectivity index (χ4v) is 3.03. The van der Waals surface area contributed by atoms with E-state index in [1.165, 1.54) is 11.3 Å². The number of hydrogen-bond acceptors (Lipinski definition) is 4. The second kappa shape index (κ2) is 7.23. The number of nitrogens with zero attached hydrogens (tertiary/aromatic N) is 1. The highest BCUT2D eigenvalue weighted by atomic mass is 32.1. The molecule has 0 aliphatic rings. The zero-order chi connectivity index (χ0) is 16.9. The molecule has 0 aliphatic carbocycles. The van der Waals surface area contributed by atoms with Crippen molar-refractivity contribution in [3.8, 4) is 0 Å². The molecule has 0 saturated heterocycles. The molecule has 24 heavy (non-hydrogen) atoms. The van der Waals surface area contributed by atoms with Gasteiger partial charge in [0, 0.05) is 12.1 Å². The molecule has 1 heterocycles. The SMILES string of the molecule is CCCNC(=O)c1ccccc1NC(=O)c1ccc2ncsc2c1. The summed E-state index contributed by atoms with van der Waals surface area (Å²) in [6, 6.07) is 12.4. The number of carbonyl (C=O) groups excluding carboxylic acids is 2. The number of anilines is 1. The van der Waals surface area contributed by atoms with Crippen molar-refractivity contribution >= 4 is 39.1 Å². The van der Waals surface area contributed by atoms with Crippen LogP contribution in [-0.4, -0.2) is 23.3 Å². The Kier molecular flexibility index (Phi) is 4.86. The molecular weight excluding hydrogens is 322 g/mol. The maximum Gasteiger partial charge on any atom is 0.255 e. The van der Waals surface area contributed by atoms with E-state index in [1.54, 1.807) is 35.8 Å². The number of amides is 2. The van der Waals surface area contributed by atoms with Crippen LogP contribution in [-0.2, 0) is 0 Å². The number of para-hydroxylation sites is 1. The lowest BCUT2D eigenvalue weighted by atomic mass is 10.1. The number of benzene rings is 2. The van der Waals surface area contributed by atoms with Gasteiger partial charge in [-0.1, -0.05) is 19.1 Å². The predicted molar refractivity (Wildman–Crippen MR) is 96.6 cm³/mol. The van der Waals surface area contributed by atoms with Crippen LogP contribution in [0.25, 0.3) is 10.2 Å². The Morgan fingerprint density at radius 2 is 1.96 bits per heavy atom. The first-order valence-electron chi connectivity index (χ1n) is 7.71. The van der Waals surface area contributed by atoms with Crippen molar-refractivity contribution in [3.05, 3.63) is 59.1 Å². The van der Waals surface area contributed by atoms with Gasteiger partial charge in [0.2, 0.25) is 0 Å². The van der Waals surface area contributed by atoms with Crippen LogP contribution in [0.2, 0.25) is 0 Å². The summed E-state index contributed by atoms with van der Waals surface area (Å²) < 4.78 is 0.955. The van der Waals surface area contributed by atoms with Crippen molar-refractivity contribution < 1.29 is 9.59 Å². The average Bonchev–Trinajstić information content (AvgIpc) is 3.07. The monoisotopic (exact) mass is 339 g/mol. The first-order chi connectivity index (χ1) is 11.7. The third-order valence-electron chi connectivity index (χ3n) is 3.55. The van der Waals surface area contributed by atoms with E-state index in [2.05, 4.69) is 15.6 Å². The van der Waals surface area contributed by atoms with E-state index < -0.39 is 0 Å². The van der Waals surface area contributed by atoms with Gasteiger partial charge in [0.05, 0.1) is 27.0 Å². The summed E-state index contributed by atoms with van der Waals surface area (Å²) in [6.07, 6.45) is 0.856. The lowest BCUT2D eigenvalue weighted by Gasteiger charge is -2.11. The minimum Gasteiger partial charge on any atom is -0.352 e. The van der Waals surface area contributed by atoms with Gasteiger partial charge in [-0.25, -0.2) is 4.98 Å². The van der Waals surface area contributed by atoms with Crippen LogP contribution in [0.4, 0.5) is 5.69 Å². The summed E-state index contributed by atoms with van der Waals surface area (Å²) >= 11 is 1.49. The zero-order valence-electron chi connectivity index (χ0n) is 13.2. The van der Waals surface area contributed by atoms with Crippen molar-refractivity contribution in [1.29, 1.82) is 0 Å². The third-order valence-corrected chi connectivity index (χ3v) is 4.34. The van der Waals surface area contributed by atoms with E-state index in [9.17, 15) is 9.59 Å². The molecule has 2 amide bonds. The molecule has 0 spiro atoms. The molecule has 122 valence electrons. The molecule has 6 heteroatoms. The minimum absolute atomic E-state index is 0.189. The van der Waals surface area contributed by atoms with Crippen LogP contribution in [0, 0.1) is 0 Å². The smallest absolute Gasteiger partial charge is 0.255 e. The van der Waals surface area contributed by atoms with Gasteiger partial charge in [0.25, 0.3) is 11.8 Å². The number of carbonyl (C=O) groups is 2. The molecule has 3 rings (SSSR count). The molecule has 2 N–H and O–H groups in total. The Hall–Kier alpha value is -2.73. The van der Waals surface area contributed by atoms with Crippen LogP contribution in [0.15, 0.2) is 48.0 Å². The highest BCUT2D eigenvalue weighted by Crippen LogP contribution is 2.21. The summed E-state index contributed by atoms with van der Waals surface area (Å²) in [7, 11) is 0. The largest absolute Gasteiger partial charge is 0.352 e. The van der Waals surface area contributed by atoms with Crippen molar-refractivity contribution in [2.24, 2.45) is 0 Å². The van der Waals surface area contributed by atoms with Crippen molar-refractivity contribution in [2.75, 3.05) is 11.9 Å². The Bertz CT molecular complexity index is 889. The summed E-state index contributed by atoms with van der Waals surface area (Å²) in [5.41, 5.74) is 4.12. The Morgan fingerprint density at radius 1 is 1.12 bits per heavy atom. The van der Waals surface area contributed by atoms with E-state index in [4.69, 9.17) is 0 Å².